The highest BCUT2D eigenvalue weighted by Gasteiger charge is 2.20. The highest BCUT2D eigenvalue weighted by atomic mass is 35.5. The van der Waals surface area contributed by atoms with Crippen molar-refractivity contribution in [1.29, 1.82) is 0 Å². The zero-order chi connectivity index (χ0) is 11.4. The molecule has 1 N–H and O–H groups in total. The first-order valence-electron chi connectivity index (χ1n) is 5.73. The molecule has 0 spiro atoms. The van der Waals surface area contributed by atoms with Gasteiger partial charge in [-0.05, 0) is 36.8 Å². The van der Waals surface area contributed by atoms with Crippen LogP contribution in [0.25, 0.3) is 0 Å². The molecule has 1 aromatic rings. The van der Waals surface area contributed by atoms with E-state index >= 15 is 0 Å². The molecule has 17 heavy (non-hydrogen) atoms. The second-order valence-corrected chi connectivity index (χ2v) is 5.44. The van der Waals surface area contributed by atoms with Crippen LogP contribution < -0.4 is 5.32 Å². The summed E-state index contributed by atoms with van der Waals surface area (Å²) in [5.41, 5.74) is 0. The maximum Gasteiger partial charge on any atom is 0.236 e. The summed E-state index contributed by atoms with van der Waals surface area (Å²) in [6.07, 6.45) is 2.65. The molecule has 96 valence electrons. The van der Waals surface area contributed by atoms with E-state index in [1.807, 2.05) is 18.5 Å². The molecule has 0 unspecified atom stereocenters. The van der Waals surface area contributed by atoms with Crippen molar-refractivity contribution in [3.05, 3.63) is 22.4 Å². The van der Waals surface area contributed by atoms with Crippen molar-refractivity contribution >= 4 is 29.7 Å². The highest BCUT2D eigenvalue weighted by molar-refractivity contribution is 7.09. The maximum absolute atomic E-state index is 11.7. The van der Waals surface area contributed by atoms with Crippen molar-refractivity contribution < 1.29 is 4.79 Å². The van der Waals surface area contributed by atoms with E-state index in [0.717, 1.165) is 19.0 Å². The second kappa shape index (κ2) is 6.99. The zero-order valence-corrected chi connectivity index (χ0v) is 11.6. The number of nitrogens with zero attached hydrogens (tertiary/aromatic N) is 1. The summed E-state index contributed by atoms with van der Waals surface area (Å²) in [6, 6.07) is 4.08. The van der Waals surface area contributed by atoms with E-state index in [9.17, 15) is 4.79 Å². The maximum atomic E-state index is 11.7. The van der Waals surface area contributed by atoms with Crippen molar-refractivity contribution in [2.45, 2.75) is 19.4 Å². The third-order valence-corrected chi connectivity index (χ3v) is 3.67. The van der Waals surface area contributed by atoms with Gasteiger partial charge in [-0.15, -0.1) is 23.7 Å². The number of likely N-dealkylation sites (N-methyl/N-ethyl adjacent to an activating group) is 1. The fraction of sp³-hybridized carbons (Fsp3) is 0.583. The molecule has 1 heterocycles. The molecule has 3 nitrogen and oxygen atoms in total. The summed E-state index contributed by atoms with van der Waals surface area (Å²) in [7, 11) is 1.86. The molecule has 1 saturated carbocycles. The average molecular weight is 275 g/mol. The first-order chi connectivity index (χ1) is 7.75. The first-order valence-corrected chi connectivity index (χ1v) is 6.60. The molecule has 1 fully saturated rings. The Morgan fingerprint density at radius 2 is 2.35 bits per heavy atom. The lowest BCUT2D eigenvalue weighted by Crippen LogP contribution is -2.35. The third kappa shape index (κ3) is 5.06. The summed E-state index contributed by atoms with van der Waals surface area (Å²) in [5, 5.41) is 5.26. The van der Waals surface area contributed by atoms with Gasteiger partial charge in [0.15, 0.2) is 0 Å². The molecule has 1 aliphatic rings. The standard InChI is InChI=1S/C12H18N2OS.ClH/c1-14(9-11-3-2-6-16-11)12(15)8-13-7-10-4-5-10;/h2-3,6,10,13H,4-5,7-9H2,1H3;1H. The summed E-state index contributed by atoms with van der Waals surface area (Å²) in [6.45, 7) is 2.19. The monoisotopic (exact) mass is 274 g/mol. The lowest BCUT2D eigenvalue weighted by Gasteiger charge is -2.16. The van der Waals surface area contributed by atoms with Crippen LogP contribution in [0, 0.1) is 5.92 Å². The molecule has 0 bridgehead atoms. The molecule has 0 aromatic carbocycles. The minimum absolute atomic E-state index is 0. The fourth-order valence-electron chi connectivity index (χ4n) is 1.56. The van der Waals surface area contributed by atoms with Crippen molar-refractivity contribution in [2.75, 3.05) is 20.1 Å². The van der Waals surface area contributed by atoms with Crippen LogP contribution in [0.15, 0.2) is 17.5 Å². The molecule has 5 heteroatoms. The van der Waals surface area contributed by atoms with E-state index < -0.39 is 0 Å². The number of thiophene rings is 1. The third-order valence-electron chi connectivity index (χ3n) is 2.81. The topological polar surface area (TPSA) is 32.3 Å². The highest BCUT2D eigenvalue weighted by Crippen LogP contribution is 2.27. The van der Waals surface area contributed by atoms with Gasteiger partial charge in [-0.3, -0.25) is 4.79 Å². The molecule has 1 amide bonds. The number of carbonyl (C=O) groups excluding carboxylic acids is 1. The Morgan fingerprint density at radius 3 is 2.94 bits per heavy atom. The van der Waals surface area contributed by atoms with Crippen LogP contribution in [-0.2, 0) is 11.3 Å². The Labute approximate surface area is 113 Å². The smallest absolute Gasteiger partial charge is 0.236 e. The van der Waals surface area contributed by atoms with Crippen LogP contribution in [0.3, 0.4) is 0 Å². The van der Waals surface area contributed by atoms with Crippen molar-refractivity contribution in [3.63, 3.8) is 0 Å². The Bertz CT molecular complexity index is 338. The van der Waals surface area contributed by atoms with Crippen LogP contribution in [0.2, 0.25) is 0 Å². The SMILES string of the molecule is CN(Cc1cccs1)C(=O)CNCC1CC1.Cl. The van der Waals surface area contributed by atoms with Gasteiger partial charge < -0.3 is 10.2 Å². The number of nitrogens with one attached hydrogen (secondary N) is 1. The molecule has 0 saturated heterocycles. The van der Waals surface area contributed by atoms with E-state index in [-0.39, 0.29) is 18.3 Å². The zero-order valence-electron chi connectivity index (χ0n) is 10.0. The fourth-order valence-corrected chi connectivity index (χ4v) is 2.32. The number of hydrogen-bond acceptors (Lipinski definition) is 3. The summed E-state index contributed by atoms with van der Waals surface area (Å²) < 4.78 is 0. The van der Waals surface area contributed by atoms with Crippen molar-refractivity contribution in [1.82, 2.24) is 10.2 Å². The first kappa shape index (κ1) is 14.5. The molecule has 0 aliphatic heterocycles. The predicted molar refractivity (Wildman–Crippen MR) is 73.6 cm³/mol. The van der Waals surface area contributed by atoms with Gasteiger partial charge in [0.2, 0.25) is 5.91 Å². The number of hydrogen-bond donors (Lipinski definition) is 1. The van der Waals surface area contributed by atoms with Crippen LogP contribution in [0.1, 0.15) is 17.7 Å². The van der Waals surface area contributed by atoms with Crippen LogP contribution in [-0.4, -0.2) is 30.9 Å². The van der Waals surface area contributed by atoms with Crippen LogP contribution >= 0.6 is 23.7 Å². The number of rotatable bonds is 6. The molecule has 0 radical (unpaired) electrons. The van der Waals surface area contributed by atoms with Gasteiger partial charge in [0.1, 0.15) is 0 Å². The lowest BCUT2D eigenvalue weighted by molar-refractivity contribution is -0.129. The molecule has 1 aromatic heterocycles. The minimum atomic E-state index is 0. The van der Waals surface area contributed by atoms with E-state index in [1.54, 1.807) is 16.2 Å². The number of halogens is 1. The lowest BCUT2D eigenvalue weighted by atomic mass is 10.4. The van der Waals surface area contributed by atoms with Gasteiger partial charge in [-0.25, -0.2) is 0 Å². The molecule has 1 aliphatic carbocycles. The normalized spacial score (nSPS) is 14.2. The van der Waals surface area contributed by atoms with E-state index in [2.05, 4.69) is 11.4 Å². The number of carbonyl (C=O) groups is 1. The van der Waals surface area contributed by atoms with E-state index in [0.29, 0.717) is 6.54 Å². The largest absolute Gasteiger partial charge is 0.340 e. The van der Waals surface area contributed by atoms with E-state index in [4.69, 9.17) is 0 Å². The van der Waals surface area contributed by atoms with Crippen LogP contribution in [0.5, 0.6) is 0 Å². The van der Waals surface area contributed by atoms with E-state index in [1.165, 1.54) is 17.7 Å². The Morgan fingerprint density at radius 1 is 1.59 bits per heavy atom. The minimum Gasteiger partial charge on any atom is -0.340 e. The van der Waals surface area contributed by atoms with Crippen LogP contribution in [0.4, 0.5) is 0 Å². The van der Waals surface area contributed by atoms with Crippen molar-refractivity contribution in [2.24, 2.45) is 5.92 Å². The van der Waals surface area contributed by atoms with Gasteiger partial charge in [0.25, 0.3) is 0 Å². The summed E-state index contributed by atoms with van der Waals surface area (Å²) in [5.74, 6) is 1.00. The number of amides is 1. The van der Waals surface area contributed by atoms with Gasteiger partial charge in [-0.1, -0.05) is 6.07 Å². The summed E-state index contributed by atoms with van der Waals surface area (Å²) >= 11 is 1.69. The Hall–Kier alpha value is -0.580. The molecule has 2 rings (SSSR count). The van der Waals surface area contributed by atoms with Gasteiger partial charge in [-0.2, -0.15) is 0 Å². The van der Waals surface area contributed by atoms with Gasteiger partial charge >= 0.3 is 0 Å². The van der Waals surface area contributed by atoms with Gasteiger partial charge in [0.05, 0.1) is 13.1 Å². The van der Waals surface area contributed by atoms with Gasteiger partial charge in [0, 0.05) is 11.9 Å². The average Bonchev–Trinajstić information content (AvgIpc) is 2.95. The molecule has 0 atom stereocenters. The second-order valence-electron chi connectivity index (χ2n) is 4.40. The predicted octanol–water partition coefficient (Wildman–Crippen LogP) is 2.13. The Balaban J connectivity index is 0.00000144. The molecular weight excluding hydrogens is 256 g/mol. The quantitative estimate of drug-likeness (QED) is 0.862. The molecular formula is C12H19ClN2OS. The summed E-state index contributed by atoms with van der Waals surface area (Å²) in [4.78, 5) is 14.8. The van der Waals surface area contributed by atoms with Crippen molar-refractivity contribution in [3.8, 4) is 0 Å². The Kier molecular flexibility index (Phi) is 5.95.